The predicted octanol–water partition coefficient (Wildman–Crippen LogP) is 4.64. The average molecular weight is 289 g/mol. The van der Waals surface area contributed by atoms with Gasteiger partial charge >= 0.3 is 0 Å². The highest BCUT2D eigenvalue weighted by Crippen LogP contribution is 2.27. The van der Waals surface area contributed by atoms with Gasteiger partial charge in [-0.25, -0.2) is 0 Å². The summed E-state index contributed by atoms with van der Waals surface area (Å²) in [6.45, 7) is 1.03. The van der Waals surface area contributed by atoms with E-state index in [2.05, 4.69) is 6.07 Å². The lowest BCUT2D eigenvalue weighted by Crippen LogP contribution is -2.00. The average Bonchev–Trinajstić information content (AvgIpc) is 2.61. The lowest BCUT2D eigenvalue weighted by Gasteiger charge is -2.12. The van der Waals surface area contributed by atoms with E-state index in [1.54, 1.807) is 0 Å². The molecule has 0 saturated carbocycles. The maximum Gasteiger partial charge on any atom is 0.162 e. The number of hydrogen-bond donors (Lipinski definition) is 0. The molecule has 2 nitrogen and oxygen atoms in total. The summed E-state index contributed by atoms with van der Waals surface area (Å²) in [7, 11) is 0. The van der Waals surface area contributed by atoms with Gasteiger partial charge in [0, 0.05) is 0 Å². The molecule has 22 heavy (non-hydrogen) atoms. The van der Waals surface area contributed by atoms with Crippen LogP contribution in [0.2, 0.25) is 0 Å². The first-order valence-corrected chi connectivity index (χ1v) is 7.25. The Bertz CT molecular complexity index is 631. The Morgan fingerprint density at radius 1 is 0.636 bits per heavy atom. The molecule has 0 atom stereocenters. The van der Waals surface area contributed by atoms with Crippen molar-refractivity contribution in [3.05, 3.63) is 96.1 Å². The smallest absolute Gasteiger partial charge is 0.162 e. The third-order valence-electron chi connectivity index (χ3n) is 3.26. The van der Waals surface area contributed by atoms with Crippen LogP contribution in [0.5, 0.6) is 11.5 Å². The van der Waals surface area contributed by atoms with Gasteiger partial charge in [-0.05, 0) is 29.3 Å². The van der Waals surface area contributed by atoms with E-state index >= 15 is 0 Å². The molecule has 0 spiro atoms. The minimum atomic E-state index is 0.514. The minimum absolute atomic E-state index is 0.514. The van der Waals surface area contributed by atoms with Gasteiger partial charge < -0.3 is 9.47 Å². The largest absolute Gasteiger partial charge is 0.485 e. The molecule has 3 aromatic carbocycles. The lowest BCUT2D eigenvalue weighted by atomic mass is 10.2. The fraction of sp³-hybridized carbons (Fsp3) is 0.100. The maximum atomic E-state index is 5.87. The second-order valence-electron chi connectivity index (χ2n) is 4.92. The Morgan fingerprint density at radius 2 is 1.18 bits per heavy atom. The summed E-state index contributed by atoms with van der Waals surface area (Å²) in [6, 6.07) is 28.7. The van der Waals surface area contributed by atoms with Crippen LogP contribution in [-0.2, 0) is 13.2 Å². The first-order valence-electron chi connectivity index (χ1n) is 7.25. The molecule has 0 aliphatic heterocycles. The van der Waals surface area contributed by atoms with Crippen molar-refractivity contribution in [2.24, 2.45) is 0 Å². The van der Waals surface area contributed by atoms with Crippen LogP contribution in [0, 0.1) is 6.07 Å². The Morgan fingerprint density at radius 3 is 1.77 bits per heavy atom. The van der Waals surface area contributed by atoms with Crippen LogP contribution in [0.25, 0.3) is 0 Å². The zero-order valence-corrected chi connectivity index (χ0v) is 12.2. The Kier molecular flexibility index (Phi) is 4.73. The summed E-state index contributed by atoms with van der Waals surface area (Å²) in [6.07, 6.45) is 0. The van der Waals surface area contributed by atoms with Crippen molar-refractivity contribution in [3.8, 4) is 11.5 Å². The summed E-state index contributed by atoms with van der Waals surface area (Å²) in [5, 5.41) is 0. The van der Waals surface area contributed by atoms with Crippen LogP contribution >= 0.6 is 0 Å². The normalized spacial score (nSPS) is 10.2. The quantitative estimate of drug-likeness (QED) is 0.658. The van der Waals surface area contributed by atoms with Gasteiger partial charge in [-0.3, -0.25) is 0 Å². The van der Waals surface area contributed by atoms with Crippen molar-refractivity contribution in [1.29, 1.82) is 0 Å². The SMILES string of the molecule is [c]1ccc(OCc2ccccc2)c(OCc2ccccc2)c1. The number of ether oxygens (including phenoxy) is 2. The standard InChI is InChI=1S/C20H17O2/c1-3-9-17(10-4-1)15-21-19-13-7-8-14-20(19)22-16-18-11-5-2-6-12-18/h1-7,9-14H,15-16H2. The molecule has 1 radical (unpaired) electrons. The number of hydrogen-bond acceptors (Lipinski definition) is 2. The van der Waals surface area contributed by atoms with Gasteiger partial charge in [0.25, 0.3) is 0 Å². The molecule has 0 saturated heterocycles. The molecule has 109 valence electrons. The second-order valence-corrected chi connectivity index (χ2v) is 4.92. The van der Waals surface area contributed by atoms with Gasteiger partial charge in [-0.1, -0.05) is 66.7 Å². The van der Waals surface area contributed by atoms with E-state index in [0.717, 1.165) is 16.9 Å². The van der Waals surface area contributed by atoms with Crippen molar-refractivity contribution < 1.29 is 9.47 Å². The van der Waals surface area contributed by atoms with Crippen LogP contribution in [0.4, 0.5) is 0 Å². The van der Waals surface area contributed by atoms with Crippen molar-refractivity contribution in [1.82, 2.24) is 0 Å². The molecule has 3 rings (SSSR count). The predicted molar refractivity (Wildman–Crippen MR) is 86.8 cm³/mol. The van der Waals surface area contributed by atoms with Crippen LogP contribution in [0.15, 0.2) is 78.9 Å². The first-order chi connectivity index (χ1) is 10.9. The molecule has 0 N–H and O–H groups in total. The highest BCUT2D eigenvalue weighted by molar-refractivity contribution is 5.39. The molecule has 0 fully saturated rings. The fourth-order valence-electron chi connectivity index (χ4n) is 2.10. The van der Waals surface area contributed by atoms with E-state index in [4.69, 9.17) is 9.47 Å². The summed E-state index contributed by atoms with van der Waals surface area (Å²) in [5.41, 5.74) is 2.25. The van der Waals surface area contributed by atoms with Gasteiger partial charge in [-0.15, -0.1) is 0 Å². The van der Waals surface area contributed by atoms with Crippen LogP contribution in [-0.4, -0.2) is 0 Å². The molecule has 0 amide bonds. The minimum Gasteiger partial charge on any atom is -0.485 e. The molecule has 0 unspecified atom stereocenters. The van der Waals surface area contributed by atoms with E-state index in [-0.39, 0.29) is 0 Å². The molecule has 0 aliphatic rings. The zero-order chi connectivity index (χ0) is 15.0. The molecular weight excluding hydrogens is 272 g/mol. The molecule has 0 bridgehead atoms. The van der Waals surface area contributed by atoms with Crippen LogP contribution in [0.1, 0.15) is 11.1 Å². The summed E-state index contributed by atoms with van der Waals surface area (Å²) in [5.74, 6) is 1.45. The van der Waals surface area contributed by atoms with Gasteiger partial charge in [0.1, 0.15) is 13.2 Å². The first kappa shape index (κ1) is 14.2. The van der Waals surface area contributed by atoms with Gasteiger partial charge in [0.15, 0.2) is 11.5 Å². The molecular formula is C20H17O2. The highest BCUT2D eigenvalue weighted by Gasteiger charge is 2.05. The summed E-state index contributed by atoms with van der Waals surface area (Å²) >= 11 is 0. The number of benzene rings is 3. The Labute approximate surface area is 131 Å². The molecule has 0 heterocycles. The van der Waals surface area contributed by atoms with Crippen molar-refractivity contribution in [3.63, 3.8) is 0 Å². The van der Waals surface area contributed by atoms with E-state index in [1.807, 2.05) is 78.9 Å². The highest BCUT2D eigenvalue weighted by atomic mass is 16.5. The van der Waals surface area contributed by atoms with Crippen molar-refractivity contribution in [2.75, 3.05) is 0 Å². The van der Waals surface area contributed by atoms with E-state index in [9.17, 15) is 0 Å². The zero-order valence-electron chi connectivity index (χ0n) is 12.2. The third kappa shape index (κ3) is 3.89. The van der Waals surface area contributed by atoms with E-state index in [1.165, 1.54) is 0 Å². The summed E-state index contributed by atoms with van der Waals surface area (Å²) in [4.78, 5) is 0. The second kappa shape index (κ2) is 7.32. The molecule has 2 heteroatoms. The number of rotatable bonds is 6. The van der Waals surface area contributed by atoms with Gasteiger partial charge in [0.05, 0.1) is 0 Å². The Balaban J connectivity index is 1.65. The fourth-order valence-corrected chi connectivity index (χ4v) is 2.10. The third-order valence-corrected chi connectivity index (χ3v) is 3.26. The van der Waals surface area contributed by atoms with Crippen molar-refractivity contribution in [2.45, 2.75) is 13.2 Å². The molecule has 0 aliphatic carbocycles. The molecule has 0 aromatic heterocycles. The lowest BCUT2D eigenvalue weighted by molar-refractivity contribution is 0.256. The van der Waals surface area contributed by atoms with Crippen LogP contribution in [0.3, 0.4) is 0 Å². The van der Waals surface area contributed by atoms with Gasteiger partial charge in [-0.2, -0.15) is 0 Å². The van der Waals surface area contributed by atoms with Crippen LogP contribution < -0.4 is 9.47 Å². The molecule has 3 aromatic rings. The summed E-state index contributed by atoms with van der Waals surface area (Å²) < 4.78 is 11.7. The monoisotopic (exact) mass is 289 g/mol. The Hall–Kier alpha value is -2.74. The van der Waals surface area contributed by atoms with Gasteiger partial charge in [0.2, 0.25) is 0 Å². The van der Waals surface area contributed by atoms with E-state index in [0.29, 0.717) is 19.0 Å². The van der Waals surface area contributed by atoms with Crippen molar-refractivity contribution >= 4 is 0 Å². The maximum absolute atomic E-state index is 5.87. The topological polar surface area (TPSA) is 18.5 Å². The van der Waals surface area contributed by atoms with E-state index < -0.39 is 0 Å².